The highest BCUT2D eigenvalue weighted by Gasteiger charge is 2.15. The molecule has 7 nitrogen and oxygen atoms in total. The number of nitrogens with one attached hydrogen (secondary N) is 2. The summed E-state index contributed by atoms with van der Waals surface area (Å²) in [4.78, 5) is 23.6. The second-order valence-corrected chi connectivity index (χ2v) is 7.19. The fourth-order valence-electron chi connectivity index (χ4n) is 2.19. The van der Waals surface area contributed by atoms with Gasteiger partial charge in [-0.15, -0.1) is 6.42 Å². The molecule has 2 N–H and O–H groups in total. The van der Waals surface area contributed by atoms with Crippen LogP contribution in [-0.4, -0.2) is 33.9 Å². The van der Waals surface area contributed by atoms with Crippen molar-refractivity contribution in [3.8, 4) is 12.3 Å². The molecule has 0 aliphatic carbocycles. The molecular weight excluding hydrogens is 368 g/mol. The number of benzene rings is 2. The first-order valence-corrected chi connectivity index (χ1v) is 9.34. The molecule has 0 spiro atoms. The lowest BCUT2D eigenvalue weighted by molar-refractivity contribution is 0.0600. The number of esters is 1. The minimum atomic E-state index is -3.78. The molecule has 0 fully saturated rings. The van der Waals surface area contributed by atoms with Gasteiger partial charge in [0.05, 0.1) is 24.1 Å². The van der Waals surface area contributed by atoms with Crippen LogP contribution < -0.4 is 10.0 Å². The van der Waals surface area contributed by atoms with Gasteiger partial charge in [-0.3, -0.25) is 4.79 Å². The highest BCUT2D eigenvalue weighted by molar-refractivity contribution is 7.89. The topological polar surface area (TPSA) is 102 Å². The van der Waals surface area contributed by atoms with Crippen LogP contribution in [0.4, 0.5) is 0 Å². The Morgan fingerprint density at radius 2 is 1.81 bits per heavy atom. The van der Waals surface area contributed by atoms with Crippen molar-refractivity contribution in [2.24, 2.45) is 0 Å². The summed E-state index contributed by atoms with van der Waals surface area (Å²) in [5.41, 5.74) is 1.38. The molecule has 0 radical (unpaired) electrons. The number of hydrogen-bond acceptors (Lipinski definition) is 5. The zero-order valence-electron chi connectivity index (χ0n) is 14.6. The molecule has 0 heterocycles. The van der Waals surface area contributed by atoms with E-state index in [1.165, 1.54) is 31.4 Å². The van der Waals surface area contributed by atoms with E-state index in [4.69, 9.17) is 6.42 Å². The second kappa shape index (κ2) is 8.98. The van der Waals surface area contributed by atoms with E-state index in [2.05, 4.69) is 20.7 Å². The van der Waals surface area contributed by atoms with Crippen molar-refractivity contribution in [1.82, 2.24) is 10.0 Å². The molecule has 0 aromatic heterocycles. The molecule has 8 heteroatoms. The monoisotopic (exact) mass is 386 g/mol. The number of sulfonamides is 1. The van der Waals surface area contributed by atoms with E-state index in [0.717, 1.165) is 5.56 Å². The molecule has 2 aromatic carbocycles. The standard InChI is InChI=1S/C19H18N2O5S/c1-3-11-21-27(24,25)17-6-4-5-16(12-17)18(22)20-13-14-7-9-15(10-8-14)19(23)26-2/h1,4-10,12,21H,11,13H2,2H3,(H,20,22). The van der Waals surface area contributed by atoms with Crippen molar-refractivity contribution in [2.75, 3.05) is 13.7 Å². The van der Waals surface area contributed by atoms with Crippen LogP contribution in [0.1, 0.15) is 26.3 Å². The predicted molar refractivity (Wildman–Crippen MR) is 99.4 cm³/mol. The molecule has 2 aromatic rings. The van der Waals surface area contributed by atoms with Gasteiger partial charge in [-0.2, -0.15) is 4.72 Å². The van der Waals surface area contributed by atoms with Gasteiger partial charge in [0.2, 0.25) is 10.0 Å². The van der Waals surface area contributed by atoms with Crippen LogP contribution in [0.25, 0.3) is 0 Å². The number of hydrogen-bond donors (Lipinski definition) is 2. The van der Waals surface area contributed by atoms with Gasteiger partial charge in [-0.05, 0) is 35.9 Å². The minimum absolute atomic E-state index is 0.0483. The highest BCUT2D eigenvalue weighted by Crippen LogP contribution is 2.12. The lowest BCUT2D eigenvalue weighted by Crippen LogP contribution is -2.25. The molecule has 2 rings (SSSR count). The van der Waals surface area contributed by atoms with Gasteiger partial charge in [0.25, 0.3) is 5.91 Å². The number of methoxy groups -OCH3 is 1. The maximum atomic E-state index is 12.3. The molecule has 0 saturated heterocycles. The number of carbonyl (C=O) groups excluding carboxylic acids is 2. The smallest absolute Gasteiger partial charge is 0.337 e. The Morgan fingerprint density at radius 3 is 2.44 bits per heavy atom. The molecule has 0 aliphatic rings. The minimum Gasteiger partial charge on any atom is -0.465 e. The Kier molecular flexibility index (Phi) is 6.71. The summed E-state index contributed by atoms with van der Waals surface area (Å²) in [5, 5.41) is 2.70. The predicted octanol–water partition coefficient (Wildman–Crippen LogP) is 1.31. The molecule has 0 atom stereocenters. The lowest BCUT2D eigenvalue weighted by atomic mass is 10.1. The SMILES string of the molecule is C#CCNS(=O)(=O)c1cccc(C(=O)NCc2ccc(C(=O)OC)cc2)c1. The molecule has 140 valence electrons. The zero-order valence-corrected chi connectivity index (χ0v) is 15.4. The summed E-state index contributed by atoms with van der Waals surface area (Å²) in [7, 11) is -2.48. The summed E-state index contributed by atoms with van der Waals surface area (Å²) in [6.07, 6.45) is 5.05. The van der Waals surface area contributed by atoms with Crippen molar-refractivity contribution < 1.29 is 22.7 Å². The van der Waals surface area contributed by atoms with E-state index in [0.29, 0.717) is 5.56 Å². The number of rotatable bonds is 7. The molecule has 1 amide bonds. The van der Waals surface area contributed by atoms with E-state index in [1.807, 2.05) is 0 Å². The maximum Gasteiger partial charge on any atom is 0.337 e. The number of amides is 1. The van der Waals surface area contributed by atoms with Crippen LogP contribution in [-0.2, 0) is 21.3 Å². The fraction of sp³-hybridized carbons (Fsp3) is 0.158. The van der Waals surface area contributed by atoms with Crippen LogP contribution >= 0.6 is 0 Å². The van der Waals surface area contributed by atoms with Crippen molar-refractivity contribution >= 4 is 21.9 Å². The van der Waals surface area contributed by atoms with Gasteiger partial charge in [-0.25, -0.2) is 13.2 Å². The van der Waals surface area contributed by atoms with E-state index in [1.54, 1.807) is 24.3 Å². The van der Waals surface area contributed by atoms with Crippen molar-refractivity contribution in [1.29, 1.82) is 0 Å². The molecular formula is C19H18N2O5S. The maximum absolute atomic E-state index is 12.3. The Labute approximate surface area is 157 Å². The zero-order chi connectivity index (χ0) is 19.9. The van der Waals surface area contributed by atoms with Gasteiger partial charge in [0.1, 0.15) is 0 Å². The van der Waals surface area contributed by atoms with Crippen LogP contribution in [0, 0.1) is 12.3 Å². The first-order valence-electron chi connectivity index (χ1n) is 7.86. The van der Waals surface area contributed by atoms with Gasteiger partial charge < -0.3 is 10.1 Å². The Hall–Kier alpha value is -3.15. The molecule has 0 aliphatic heterocycles. The third-order valence-electron chi connectivity index (χ3n) is 3.60. The van der Waals surface area contributed by atoms with Crippen LogP contribution in [0.5, 0.6) is 0 Å². The van der Waals surface area contributed by atoms with E-state index < -0.39 is 21.9 Å². The Morgan fingerprint density at radius 1 is 1.11 bits per heavy atom. The van der Waals surface area contributed by atoms with Crippen molar-refractivity contribution in [3.05, 3.63) is 65.2 Å². The Balaban J connectivity index is 2.05. The average molecular weight is 386 g/mol. The summed E-state index contributed by atoms with van der Waals surface area (Å²) in [6, 6.07) is 12.2. The number of terminal acetylenes is 1. The van der Waals surface area contributed by atoms with Gasteiger partial charge >= 0.3 is 5.97 Å². The average Bonchev–Trinajstić information content (AvgIpc) is 2.70. The van der Waals surface area contributed by atoms with Gasteiger partial charge in [-0.1, -0.05) is 24.1 Å². The van der Waals surface area contributed by atoms with Crippen LogP contribution in [0.2, 0.25) is 0 Å². The first-order chi connectivity index (χ1) is 12.9. The van der Waals surface area contributed by atoms with Crippen molar-refractivity contribution in [3.63, 3.8) is 0 Å². The lowest BCUT2D eigenvalue weighted by Gasteiger charge is -2.08. The number of ether oxygens (including phenoxy) is 1. The fourth-order valence-corrected chi connectivity index (χ4v) is 3.17. The number of carbonyl (C=O) groups is 2. The largest absolute Gasteiger partial charge is 0.465 e. The quantitative estimate of drug-likeness (QED) is 0.552. The van der Waals surface area contributed by atoms with E-state index in [-0.39, 0.29) is 23.5 Å². The summed E-state index contributed by atoms with van der Waals surface area (Å²) in [5.74, 6) is 1.31. The molecule has 0 unspecified atom stereocenters. The first kappa shape index (κ1) is 20.2. The van der Waals surface area contributed by atoms with Crippen molar-refractivity contribution in [2.45, 2.75) is 11.4 Å². The summed E-state index contributed by atoms with van der Waals surface area (Å²) >= 11 is 0. The van der Waals surface area contributed by atoms with E-state index in [9.17, 15) is 18.0 Å². The van der Waals surface area contributed by atoms with Gasteiger partial charge in [0, 0.05) is 12.1 Å². The van der Waals surface area contributed by atoms with Gasteiger partial charge in [0.15, 0.2) is 0 Å². The van der Waals surface area contributed by atoms with Crippen LogP contribution in [0.3, 0.4) is 0 Å². The highest BCUT2D eigenvalue weighted by atomic mass is 32.2. The van der Waals surface area contributed by atoms with Crippen LogP contribution in [0.15, 0.2) is 53.4 Å². The molecule has 0 saturated carbocycles. The molecule has 27 heavy (non-hydrogen) atoms. The Bertz CT molecular complexity index is 976. The normalized spacial score (nSPS) is 10.7. The van der Waals surface area contributed by atoms with E-state index >= 15 is 0 Å². The molecule has 0 bridgehead atoms. The second-order valence-electron chi connectivity index (χ2n) is 5.43. The third-order valence-corrected chi connectivity index (χ3v) is 5.00. The summed E-state index contributed by atoms with van der Waals surface area (Å²) < 4.78 is 31.0. The third kappa shape index (κ3) is 5.41. The summed E-state index contributed by atoms with van der Waals surface area (Å²) in [6.45, 7) is 0.0763.